The molecule has 3 N–H and O–H groups in total. The lowest BCUT2D eigenvalue weighted by Crippen LogP contribution is -2.46. The summed E-state index contributed by atoms with van der Waals surface area (Å²) in [5.74, 6) is 2.47. The minimum atomic E-state index is -0.304. The van der Waals surface area contributed by atoms with Crippen LogP contribution in [0.25, 0.3) is 0 Å². The largest absolute Gasteiger partial charge is 0.354 e. The van der Waals surface area contributed by atoms with E-state index in [1.807, 2.05) is 25.6 Å². The molecule has 76 valence electrons. The zero-order valence-electron chi connectivity index (χ0n) is 8.30. The molecule has 0 aliphatic carbocycles. The summed E-state index contributed by atoms with van der Waals surface area (Å²) in [6.07, 6.45) is 1.02. The van der Waals surface area contributed by atoms with Gasteiger partial charge in [0.25, 0.3) is 0 Å². The minimum Gasteiger partial charge on any atom is -0.354 e. The van der Waals surface area contributed by atoms with E-state index < -0.39 is 0 Å². The summed E-state index contributed by atoms with van der Waals surface area (Å²) >= 11 is 1.85. The van der Waals surface area contributed by atoms with Gasteiger partial charge < -0.3 is 11.1 Å². The second-order valence-corrected chi connectivity index (χ2v) is 5.42. The van der Waals surface area contributed by atoms with Crippen LogP contribution < -0.4 is 11.1 Å². The first-order valence-electron chi connectivity index (χ1n) is 4.63. The Morgan fingerprint density at radius 1 is 1.69 bits per heavy atom. The predicted octanol–water partition coefficient (Wildman–Crippen LogP) is 0.593. The molecule has 0 bridgehead atoms. The van der Waals surface area contributed by atoms with Gasteiger partial charge in [-0.05, 0) is 26.0 Å². The van der Waals surface area contributed by atoms with Crippen LogP contribution in [-0.2, 0) is 4.79 Å². The van der Waals surface area contributed by atoms with E-state index in [9.17, 15) is 4.79 Å². The number of hydrogen-bond donors (Lipinski definition) is 2. The van der Waals surface area contributed by atoms with Gasteiger partial charge in [-0.3, -0.25) is 4.79 Å². The van der Waals surface area contributed by atoms with Crippen LogP contribution in [-0.4, -0.2) is 29.5 Å². The third-order valence-electron chi connectivity index (χ3n) is 2.02. The summed E-state index contributed by atoms with van der Waals surface area (Å²) in [7, 11) is 0. The maximum Gasteiger partial charge on any atom is 0.224 e. The monoisotopic (exact) mass is 202 g/mol. The van der Waals surface area contributed by atoms with Gasteiger partial charge in [0, 0.05) is 23.8 Å². The van der Waals surface area contributed by atoms with Gasteiger partial charge in [0.05, 0.1) is 0 Å². The Kier molecular flexibility index (Phi) is 3.62. The zero-order valence-corrected chi connectivity index (χ0v) is 9.12. The molecule has 1 atom stereocenters. The molecular formula is C9H18N2OS. The first kappa shape index (κ1) is 10.9. The summed E-state index contributed by atoms with van der Waals surface area (Å²) in [5, 5.41) is 2.89. The van der Waals surface area contributed by atoms with E-state index >= 15 is 0 Å². The van der Waals surface area contributed by atoms with Crippen molar-refractivity contribution in [3.8, 4) is 0 Å². The lowest BCUT2D eigenvalue weighted by Gasteiger charge is -2.20. The number of thioether (sulfide) groups is 1. The Morgan fingerprint density at radius 2 is 2.38 bits per heavy atom. The van der Waals surface area contributed by atoms with E-state index in [0.717, 1.165) is 17.9 Å². The molecule has 3 nitrogen and oxygen atoms in total. The van der Waals surface area contributed by atoms with Crippen LogP contribution in [0.5, 0.6) is 0 Å². The van der Waals surface area contributed by atoms with Gasteiger partial charge >= 0.3 is 0 Å². The molecule has 1 fully saturated rings. The van der Waals surface area contributed by atoms with Gasteiger partial charge in [-0.1, -0.05) is 0 Å². The molecule has 1 unspecified atom stereocenters. The van der Waals surface area contributed by atoms with E-state index in [4.69, 9.17) is 5.73 Å². The lowest BCUT2D eigenvalue weighted by atomic mass is 10.1. The molecule has 1 rings (SSSR count). The van der Waals surface area contributed by atoms with E-state index in [-0.39, 0.29) is 17.4 Å². The molecule has 1 aliphatic rings. The first-order valence-corrected chi connectivity index (χ1v) is 5.79. The summed E-state index contributed by atoms with van der Waals surface area (Å²) < 4.78 is 0. The molecule has 0 saturated carbocycles. The fourth-order valence-corrected chi connectivity index (χ4v) is 2.42. The third-order valence-corrected chi connectivity index (χ3v) is 3.18. The molecule has 0 aromatic heterocycles. The highest BCUT2D eigenvalue weighted by molar-refractivity contribution is 7.99. The van der Waals surface area contributed by atoms with Crippen LogP contribution in [0.4, 0.5) is 0 Å². The zero-order chi connectivity index (χ0) is 9.90. The minimum absolute atomic E-state index is 0.170. The Hall–Kier alpha value is -0.220. The van der Waals surface area contributed by atoms with Crippen molar-refractivity contribution in [2.24, 2.45) is 11.7 Å². The maximum atomic E-state index is 11.5. The van der Waals surface area contributed by atoms with Crippen molar-refractivity contribution in [1.82, 2.24) is 5.32 Å². The summed E-state index contributed by atoms with van der Waals surface area (Å²) in [6.45, 7) is 4.39. The van der Waals surface area contributed by atoms with Gasteiger partial charge in [-0.2, -0.15) is 11.8 Å². The Balaban J connectivity index is 2.25. The maximum absolute atomic E-state index is 11.5. The molecule has 1 aliphatic heterocycles. The molecule has 4 heteroatoms. The standard InChI is InChI=1S/C9H18N2OS/c1-9(2,10)6-11-8(12)7-3-4-13-5-7/h7H,3-6,10H2,1-2H3,(H,11,12). The van der Waals surface area contributed by atoms with Crippen molar-refractivity contribution in [3.05, 3.63) is 0 Å². The predicted molar refractivity (Wildman–Crippen MR) is 56.7 cm³/mol. The molecule has 0 radical (unpaired) electrons. The first-order chi connectivity index (χ1) is 5.99. The molecule has 1 amide bonds. The normalized spacial score (nSPS) is 23.2. The van der Waals surface area contributed by atoms with Gasteiger partial charge in [0.2, 0.25) is 5.91 Å². The van der Waals surface area contributed by atoms with Crippen LogP contribution in [0.15, 0.2) is 0 Å². The second-order valence-electron chi connectivity index (χ2n) is 4.27. The van der Waals surface area contributed by atoms with Crippen LogP contribution in [0, 0.1) is 5.92 Å². The van der Waals surface area contributed by atoms with Crippen LogP contribution in [0.1, 0.15) is 20.3 Å². The van der Waals surface area contributed by atoms with Gasteiger partial charge in [0.15, 0.2) is 0 Å². The number of hydrogen-bond acceptors (Lipinski definition) is 3. The Morgan fingerprint density at radius 3 is 2.85 bits per heavy atom. The highest BCUT2D eigenvalue weighted by Crippen LogP contribution is 2.23. The molecule has 0 spiro atoms. The third kappa shape index (κ3) is 4.00. The Labute approximate surface area is 83.8 Å². The van der Waals surface area contributed by atoms with E-state index in [2.05, 4.69) is 5.32 Å². The summed E-state index contributed by atoms with van der Waals surface area (Å²) in [5.41, 5.74) is 5.46. The number of carbonyl (C=O) groups is 1. The van der Waals surface area contributed by atoms with Gasteiger partial charge in [-0.15, -0.1) is 0 Å². The topological polar surface area (TPSA) is 55.1 Å². The molecule has 1 heterocycles. The number of rotatable bonds is 3. The number of nitrogens with one attached hydrogen (secondary N) is 1. The van der Waals surface area contributed by atoms with Crippen LogP contribution in [0.3, 0.4) is 0 Å². The molecule has 0 aromatic rings. The number of amides is 1. The lowest BCUT2D eigenvalue weighted by molar-refractivity contribution is -0.124. The second kappa shape index (κ2) is 4.33. The van der Waals surface area contributed by atoms with Crippen molar-refractivity contribution in [2.45, 2.75) is 25.8 Å². The Bertz CT molecular complexity index is 183. The fourth-order valence-electron chi connectivity index (χ4n) is 1.20. The quantitative estimate of drug-likeness (QED) is 0.704. The van der Waals surface area contributed by atoms with E-state index in [1.165, 1.54) is 0 Å². The van der Waals surface area contributed by atoms with Gasteiger partial charge in [-0.25, -0.2) is 0 Å². The summed E-state index contributed by atoms with van der Waals surface area (Å²) in [4.78, 5) is 11.5. The van der Waals surface area contributed by atoms with Crippen molar-refractivity contribution in [3.63, 3.8) is 0 Å². The number of carbonyl (C=O) groups excluding carboxylic acids is 1. The van der Waals surface area contributed by atoms with Crippen molar-refractivity contribution in [1.29, 1.82) is 0 Å². The summed E-state index contributed by atoms with van der Waals surface area (Å²) in [6, 6.07) is 0. The molecule has 13 heavy (non-hydrogen) atoms. The average molecular weight is 202 g/mol. The highest BCUT2D eigenvalue weighted by atomic mass is 32.2. The fraction of sp³-hybridized carbons (Fsp3) is 0.889. The van der Waals surface area contributed by atoms with Crippen LogP contribution in [0.2, 0.25) is 0 Å². The van der Waals surface area contributed by atoms with E-state index in [0.29, 0.717) is 6.54 Å². The number of nitrogens with two attached hydrogens (primary N) is 1. The van der Waals surface area contributed by atoms with Crippen molar-refractivity contribution in [2.75, 3.05) is 18.1 Å². The van der Waals surface area contributed by atoms with Crippen LogP contribution >= 0.6 is 11.8 Å². The van der Waals surface area contributed by atoms with Crippen molar-refractivity contribution >= 4 is 17.7 Å². The molecular weight excluding hydrogens is 184 g/mol. The highest BCUT2D eigenvalue weighted by Gasteiger charge is 2.23. The average Bonchev–Trinajstić information content (AvgIpc) is 2.50. The molecule has 1 saturated heterocycles. The van der Waals surface area contributed by atoms with Crippen molar-refractivity contribution < 1.29 is 4.79 Å². The molecule has 0 aromatic carbocycles. The van der Waals surface area contributed by atoms with E-state index in [1.54, 1.807) is 0 Å². The van der Waals surface area contributed by atoms with Gasteiger partial charge in [0.1, 0.15) is 0 Å². The SMILES string of the molecule is CC(C)(N)CNC(=O)C1CCSC1. The smallest absolute Gasteiger partial charge is 0.224 e.